The van der Waals surface area contributed by atoms with E-state index in [1.54, 1.807) is 0 Å². The van der Waals surface area contributed by atoms with E-state index in [1.165, 1.54) is 19.4 Å². The molecule has 0 N–H and O–H groups in total. The van der Waals surface area contributed by atoms with Crippen molar-refractivity contribution in [2.75, 3.05) is 6.54 Å². The van der Waals surface area contributed by atoms with E-state index in [4.69, 9.17) is 0 Å². The van der Waals surface area contributed by atoms with Gasteiger partial charge in [0.25, 0.3) is 0 Å². The van der Waals surface area contributed by atoms with Crippen molar-refractivity contribution < 1.29 is 0 Å². The van der Waals surface area contributed by atoms with E-state index >= 15 is 0 Å². The van der Waals surface area contributed by atoms with Gasteiger partial charge in [0, 0.05) is 16.0 Å². The van der Waals surface area contributed by atoms with Crippen LogP contribution in [-0.2, 0) is 0 Å². The molecule has 0 radical (unpaired) electrons. The Hall–Kier alpha value is 0.690. The molecule has 0 aromatic carbocycles. The first-order valence-electron chi connectivity index (χ1n) is 4.51. The van der Waals surface area contributed by atoms with Gasteiger partial charge < -0.3 is 0 Å². The van der Waals surface area contributed by atoms with Crippen LogP contribution in [0.4, 0.5) is 0 Å². The molecule has 0 aromatic heterocycles. The highest BCUT2D eigenvalue weighted by molar-refractivity contribution is 14.1. The molecule has 1 saturated heterocycles. The van der Waals surface area contributed by atoms with Crippen LogP contribution in [0, 0.1) is 0 Å². The van der Waals surface area contributed by atoms with Crippen molar-refractivity contribution in [2.24, 2.45) is 0 Å². The van der Waals surface area contributed by atoms with Crippen molar-refractivity contribution in [1.82, 2.24) is 4.90 Å². The van der Waals surface area contributed by atoms with Crippen LogP contribution in [0.25, 0.3) is 0 Å². The van der Waals surface area contributed by atoms with Gasteiger partial charge in [0.1, 0.15) is 0 Å². The monoisotopic (exact) mass is 267 g/mol. The molecule has 2 unspecified atom stereocenters. The molecule has 1 nitrogen and oxygen atoms in total. The minimum absolute atomic E-state index is 0.730. The van der Waals surface area contributed by atoms with Crippen molar-refractivity contribution in [3.8, 4) is 0 Å². The molecule has 0 aliphatic carbocycles. The normalized spacial score (nSPS) is 34.6. The Morgan fingerprint density at radius 1 is 1.45 bits per heavy atom. The molecule has 1 heterocycles. The molecule has 0 bridgehead atoms. The molecular weight excluding hydrogens is 249 g/mol. The van der Waals surface area contributed by atoms with Gasteiger partial charge in [0.2, 0.25) is 0 Å². The molecule has 0 saturated carbocycles. The molecule has 2 heteroatoms. The predicted octanol–water partition coefficient (Wildman–Crippen LogP) is 2.68. The fourth-order valence-corrected chi connectivity index (χ4v) is 2.91. The SMILES string of the molecule is CC(C)N1CCC(I)CC1C. The van der Waals surface area contributed by atoms with E-state index in [-0.39, 0.29) is 0 Å². The first kappa shape index (κ1) is 9.78. The zero-order valence-electron chi connectivity index (χ0n) is 7.68. The molecule has 11 heavy (non-hydrogen) atoms. The second-order valence-electron chi connectivity index (χ2n) is 3.80. The zero-order chi connectivity index (χ0) is 8.43. The predicted molar refractivity (Wildman–Crippen MR) is 58.3 cm³/mol. The number of halogens is 1. The van der Waals surface area contributed by atoms with Crippen LogP contribution in [-0.4, -0.2) is 27.5 Å². The first-order chi connectivity index (χ1) is 5.11. The van der Waals surface area contributed by atoms with Crippen molar-refractivity contribution in [3.05, 3.63) is 0 Å². The Kier molecular flexibility index (Phi) is 3.62. The fraction of sp³-hybridized carbons (Fsp3) is 1.00. The third-order valence-corrected chi connectivity index (χ3v) is 3.66. The van der Waals surface area contributed by atoms with Gasteiger partial charge in [-0.3, -0.25) is 4.90 Å². The summed E-state index contributed by atoms with van der Waals surface area (Å²) in [6, 6.07) is 1.53. The third kappa shape index (κ3) is 2.58. The zero-order valence-corrected chi connectivity index (χ0v) is 9.84. The summed E-state index contributed by atoms with van der Waals surface area (Å²) in [5, 5.41) is 0. The highest BCUT2D eigenvalue weighted by Gasteiger charge is 2.24. The quantitative estimate of drug-likeness (QED) is 0.521. The highest BCUT2D eigenvalue weighted by atomic mass is 127. The fourth-order valence-electron chi connectivity index (χ4n) is 1.90. The number of likely N-dealkylation sites (tertiary alicyclic amines) is 1. The molecule has 1 aliphatic rings. The van der Waals surface area contributed by atoms with Crippen molar-refractivity contribution in [2.45, 2.75) is 49.6 Å². The summed E-state index contributed by atoms with van der Waals surface area (Å²) in [7, 11) is 0. The lowest BCUT2D eigenvalue weighted by Gasteiger charge is -2.38. The molecule has 0 amide bonds. The van der Waals surface area contributed by atoms with E-state index in [1.807, 2.05) is 0 Å². The number of hydrogen-bond acceptors (Lipinski definition) is 1. The summed E-state index contributed by atoms with van der Waals surface area (Å²) in [4.78, 5) is 2.61. The van der Waals surface area contributed by atoms with Crippen molar-refractivity contribution in [1.29, 1.82) is 0 Å². The highest BCUT2D eigenvalue weighted by Crippen LogP contribution is 2.24. The number of hydrogen-bond donors (Lipinski definition) is 0. The maximum absolute atomic E-state index is 2.61. The van der Waals surface area contributed by atoms with Gasteiger partial charge in [-0.2, -0.15) is 0 Å². The molecular formula is C9H18IN. The van der Waals surface area contributed by atoms with Crippen LogP contribution in [0.1, 0.15) is 33.6 Å². The number of alkyl halides is 1. The summed E-state index contributed by atoms with van der Waals surface area (Å²) in [6.07, 6.45) is 2.75. The third-order valence-electron chi connectivity index (χ3n) is 2.53. The Balaban J connectivity index is 2.44. The molecule has 1 aliphatic heterocycles. The smallest absolute Gasteiger partial charge is 0.0137 e. The van der Waals surface area contributed by atoms with Gasteiger partial charge in [0.05, 0.1) is 0 Å². The Morgan fingerprint density at radius 3 is 2.55 bits per heavy atom. The molecule has 1 fully saturated rings. The maximum Gasteiger partial charge on any atom is 0.0137 e. The van der Waals surface area contributed by atoms with E-state index in [9.17, 15) is 0 Å². The van der Waals surface area contributed by atoms with E-state index in [2.05, 4.69) is 48.3 Å². The minimum atomic E-state index is 0.730. The molecule has 2 atom stereocenters. The van der Waals surface area contributed by atoms with Crippen LogP contribution < -0.4 is 0 Å². The topological polar surface area (TPSA) is 3.24 Å². The van der Waals surface area contributed by atoms with E-state index in [0.717, 1.165) is 16.0 Å². The van der Waals surface area contributed by atoms with Gasteiger partial charge in [-0.15, -0.1) is 0 Å². The van der Waals surface area contributed by atoms with Gasteiger partial charge in [0.15, 0.2) is 0 Å². The lowest BCUT2D eigenvalue weighted by atomic mass is 10.0. The summed E-state index contributed by atoms with van der Waals surface area (Å²) in [5.41, 5.74) is 0. The lowest BCUT2D eigenvalue weighted by Crippen LogP contribution is -2.44. The largest absolute Gasteiger partial charge is 0.298 e. The van der Waals surface area contributed by atoms with Crippen LogP contribution in [0.15, 0.2) is 0 Å². The van der Waals surface area contributed by atoms with Crippen molar-refractivity contribution in [3.63, 3.8) is 0 Å². The first-order valence-corrected chi connectivity index (χ1v) is 5.75. The summed E-state index contributed by atoms with van der Waals surface area (Å²) in [5.74, 6) is 0. The lowest BCUT2D eigenvalue weighted by molar-refractivity contribution is 0.129. The standard InChI is InChI=1S/C9H18IN/c1-7(2)11-5-4-9(10)6-8(11)3/h7-9H,4-6H2,1-3H3. The Bertz CT molecular complexity index is 125. The summed E-state index contributed by atoms with van der Waals surface area (Å²) < 4.78 is 0.914. The second kappa shape index (κ2) is 4.08. The second-order valence-corrected chi connectivity index (χ2v) is 5.56. The van der Waals surface area contributed by atoms with Gasteiger partial charge >= 0.3 is 0 Å². The van der Waals surface area contributed by atoms with Crippen LogP contribution in [0.2, 0.25) is 0 Å². The minimum Gasteiger partial charge on any atom is -0.298 e. The average Bonchev–Trinajstić information content (AvgIpc) is 1.85. The van der Waals surface area contributed by atoms with Crippen LogP contribution >= 0.6 is 22.6 Å². The number of nitrogens with zero attached hydrogens (tertiary/aromatic N) is 1. The Morgan fingerprint density at radius 2 is 2.09 bits per heavy atom. The molecule has 0 spiro atoms. The number of piperidine rings is 1. The van der Waals surface area contributed by atoms with Crippen LogP contribution in [0.3, 0.4) is 0 Å². The average molecular weight is 267 g/mol. The van der Waals surface area contributed by atoms with E-state index < -0.39 is 0 Å². The van der Waals surface area contributed by atoms with E-state index in [0.29, 0.717) is 0 Å². The van der Waals surface area contributed by atoms with Gasteiger partial charge in [-0.25, -0.2) is 0 Å². The number of rotatable bonds is 1. The Labute approximate surface area is 83.7 Å². The van der Waals surface area contributed by atoms with Gasteiger partial charge in [-0.05, 0) is 40.2 Å². The summed E-state index contributed by atoms with van der Waals surface area (Å²) in [6.45, 7) is 8.24. The van der Waals surface area contributed by atoms with Gasteiger partial charge in [-0.1, -0.05) is 22.6 Å². The molecule has 0 aromatic rings. The summed E-state index contributed by atoms with van der Waals surface area (Å²) >= 11 is 2.58. The van der Waals surface area contributed by atoms with Crippen LogP contribution in [0.5, 0.6) is 0 Å². The maximum atomic E-state index is 2.61. The molecule has 1 rings (SSSR count). The molecule has 66 valence electrons. The van der Waals surface area contributed by atoms with Crippen molar-refractivity contribution >= 4 is 22.6 Å².